The quantitative estimate of drug-likeness (QED) is 0.298. The molecule has 36 heavy (non-hydrogen) atoms. The molecule has 1 heterocycles. The summed E-state index contributed by atoms with van der Waals surface area (Å²) in [6, 6.07) is 18.4. The van der Waals surface area contributed by atoms with E-state index >= 15 is 0 Å². The lowest BCUT2D eigenvalue weighted by molar-refractivity contribution is 0.0195. The van der Waals surface area contributed by atoms with E-state index in [1.165, 1.54) is 23.4 Å². The summed E-state index contributed by atoms with van der Waals surface area (Å²) < 4.78 is 29.6. The molecule has 3 aromatic carbocycles. The predicted octanol–water partition coefficient (Wildman–Crippen LogP) is 4.70. The van der Waals surface area contributed by atoms with Crippen LogP contribution in [0.3, 0.4) is 0 Å². The number of likely N-dealkylation sites (N-methyl/N-ethyl adjacent to an activating group) is 1. The molecule has 4 rings (SSSR count). The number of benzene rings is 3. The minimum Gasteiger partial charge on any atom is -0.381 e. The van der Waals surface area contributed by atoms with Crippen molar-refractivity contribution < 1.29 is 13.9 Å². The molecule has 3 N–H and O–H groups in total. The standard InChI is InChI=1S/C26H26F2N6OS/c1-18-3-6-20(7-4-18)31-25(36)32-21-8-10-22(11-9-21)33(2)14-26(35,15-34-17-29-16-30-34)23-12-5-19(27)13-24(23)28/h3-13,16-17,35H,14-15H2,1-2H3,(H2,31,32,36). The first-order valence-electron chi connectivity index (χ1n) is 11.2. The second kappa shape index (κ2) is 10.8. The Balaban J connectivity index is 1.47. The summed E-state index contributed by atoms with van der Waals surface area (Å²) in [5.74, 6) is -1.55. The van der Waals surface area contributed by atoms with Gasteiger partial charge in [-0.25, -0.2) is 18.4 Å². The maximum atomic E-state index is 14.7. The molecule has 1 unspecified atom stereocenters. The van der Waals surface area contributed by atoms with Gasteiger partial charge in [0.05, 0.1) is 13.1 Å². The van der Waals surface area contributed by atoms with Crippen molar-refractivity contribution in [3.63, 3.8) is 0 Å². The molecule has 0 saturated heterocycles. The van der Waals surface area contributed by atoms with Gasteiger partial charge in [-0.05, 0) is 61.6 Å². The molecule has 0 fully saturated rings. The Morgan fingerprint density at radius 1 is 1.03 bits per heavy atom. The number of thiocarbonyl (C=S) groups is 1. The lowest BCUT2D eigenvalue weighted by Gasteiger charge is -2.34. The van der Waals surface area contributed by atoms with Crippen LogP contribution in [0.4, 0.5) is 25.8 Å². The van der Waals surface area contributed by atoms with Crippen LogP contribution in [0.5, 0.6) is 0 Å². The topological polar surface area (TPSA) is 78.2 Å². The summed E-state index contributed by atoms with van der Waals surface area (Å²) in [5, 5.41) is 22.3. The summed E-state index contributed by atoms with van der Waals surface area (Å²) in [6.07, 6.45) is 2.76. The molecule has 4 aromatic rings. The molecule has 0 saturated carbocycles. The fraction of sp³-hybridized carbons (Fsp3) is 0.192. The molecular formula is C26H26F2N6OS. The van der Waals surface area contributed by atoms with E-state index in [1.807, 2.05) is 55.5 Å². The molecule has 0 aliphatic carbocycles. The number of rotatable bonds is 8. The van der Waals surface area contributed by atoms with E-state index in [2.05, 4.69) is 20.7 Å². The van der Waals surface area contributed by atoms with Gasteiger partial charge < -0.3 is 20.6 Å². The van der Waals surface area contributed by atoms with Gasteiger partial charge in [-0.15, -0.1) is 0 Å². The molecule has 1 aromatic heterocycles. The second-order valence-electron chi connectivity index (χ2n) is 8.60. The van der Waals surface area contributed by atoms with E-state index < -0.39 is 17.2 Å². The van der Waals surface area contributed by atoms with Gasteiger partial charge >= 0.3 is 0 Å². The first kappa shape index (κ1) is 25.2. The SMILES string of the molecule is Cc1ccc(NC(=S)Nc2ccc(N(C)CC(O)(Cn3cncn3)c3ccc(F)cc3F)cc2)cc1. The first-order chi connectivity index (χ1) is 17.2. The Bertz CT molecular complexity index is 1320. The molecule has 1 atom stereocenters. The Morgan fingerprint density at radius 2 is 1.67 bits per heavy atom. The Morgan fingerprint density at radius 3 is 2.25 bits per heavy atom. The van der Waals surface area contributed by atoms with Crippen molar-refractivity contribution in [1.29, 1.82) is 0 Å². The van der Waals surface area contributed by atoms with Crippen molar-refractivity contribution in [1.82, 2.24) is 14.8 Å². The zero-order valence-electron chi connectivity index (χ0n) is 19.8. The van der Waals surface area contributed by atoms with Crippen LogP contribution in [0.15, 0.2) is 79.4 Å². The van der Waals surface area contributed by atoms with Crippen molar-refractivity contribution in [3.05, 3.63) is 102 Å². The summed E-state index contributed by atoms with van der Waals surface area (Å²) in [4.78, 5) is 5.67. The van der Waals surface area contributed by atoms with Gasteiger partial charge in [0.2, 0.25) is 0 Å². The third-order valence-corrected chi connectivity index (χ3v) is 5.90. The molecule has 10 heteroatoms. The van der Waals surface area contributed by atoms with Crippen LogP contribution in [0.2, 0.25) is 0 Å². The lowest BCUT2D eigenvalue weighted by Crippen LogP contribution is -2.43. The lowest BCUT2D eigenvalue weighted by atomic mass is 9.92. The summed E-state index contributed by atoms with van der Waals surface area (Å²) in [6.45, 7) is 1.96. The minimum absolute atomic E-state index is 0.00950. The number of anilines is 3. The third-order valence-electron chi connectivity index (χ3n) is 5.70. The molecule has 7 nitrogen and oxygen atoms in total. The fourth-order valence-corrected chi connectivity index (χ4v) is 4.12. The average molecular weight is 509 g/mol. The number of nitrogens with one attached hydrogen (secondary N) is 2. The molecule has 186 valence electrons. The van der Waals surface area contributed by atoms with Gasteiger partial charge in [-0.1, -0.05) is 23.8 Å². The minimum atomic E-state index is -1.71. The van der Waals surface area contributed by atoms with Crippen LogP contribution >= 0.6 is 12.2 Å². The molecule has 0 aliphatic heterocycles. The van der Waals surface area contributed by atoms with Crippen molar-refractivity contribution in [2.75, 3.05) is 29.1 Å². The van der Waals surface area contributed by atoms with Crippen LogP contribution in [0, 0.1) is 18.6 Å². The number of aliphatic hydroxyl groups is 1. The Hall–Kier alpha value is -3.89. The van der Waals surface area contributed by atoms with Crippen LogP contribution in [0.1, 0.15) is 11.1 Å². The van der Waals surface area contributed by atoms with Crippen molar-refractivity contribution in [2.24, 2.45) is 0 Å². The predicted molar refractivity (Wildman–Crippen MR) is 141 cm³/mol. The van der Waals surface area contributed by atoms with Crippen LogP contribution in [-0.4, -0.2) is 38.6 Å². The second-order valence-corrected chi connectivity index (χ2v) is 9.01. The molecule has 0 radical (unpaired) electrons. The monoisotopic (exact) mass is 508 g/mol. The van der Waals surface area contributed by atoms with E-state index in [4.69, 9.17) is 12.2 Å². The van der Waals surface area contributed by atoms with Gasteiger partial charge in [0, 0.05) is 35.7 Å². The molecule has 0 aliphatic rings. The number of aryl methyl sites for hydroxylation is 1. The van der Waals surface area contributed by atoms with Crippen molar-refractivity contribution in [2.45, 2.75) is 19.1 Å². The number of hydrogen-bond donors (Lipinski definition) is 3. The maximum Gasteiger partial charge on any atom is 0.175 e. The third kappa shape index (κ3) is 6.21. The van der Waals surface area contributed by atoms with Gasteiger partial charge in [0.15, 0.2) is 5.11 Å². The highest BCUT2D eigenvalue weighted by Gasteiger charge is 2.35. The van der Waals surface area contributed by atoms with Crippen LogP contribution < -0.4 is 15.5 Å². The average Bonchev–Trinajstić information content (AvgIpc) is 3.33. The molecule has 0 bridgehead atoms. The zero-order chi connectivity index (χ0) is 25.7. The number of nitrogens with zero attached hydrogens (tertiary/aromatic N) is 4. The molecule has 0 amide bonds. The van der Waals surface area contributed by atoms with Gasteiger partial charge in [-0.3, -0.25) is 0 Å². The van der Waals surface area contributed by atoms with Gasteiger partial charge in [0.1, 0.15) is 29.9 Å². The van der Waals surface area contributed by atoms with E-state index in [9.17, 15) is 13.9 Å². The fourth-order valence-electron chi connectivity index (χ4n) is 3.88. The van der Waals surface area contributed by atoms with E-state index in [1.54, 1.807) is 11.9 Å². The largest absolute Gasteiger partial charge is 0.381 e. The van der Waals surface area contributed by atoms with E-state index in [0.717, 1.165) is 34.8 Å². The Labute approximate surface area is 213 Å². The van der Waals surface area contributed by atoms with E-state index in [0.29, 0.717) is 5.11 Å². The smallest absolute Gasteiger partial charge is 0.175 e. The van der Waals surface area contributed by atoms with E-state index in [-0.39, 0.29) is 18.7 Å². The normalized spacial score (nSPS) is 12.6. The maximum absolute atomic E-state index is 14.7. The molecule has 0 spiro atoms. The van der Waals surface area contributed by atoms with Gasteiger partial charge in [-0.2, -0.15) is 5.10 Å². The number of halogens is 2. The van der Waals surface area contributed by atoms with Gasteiger partial charge in [0.25, 0.3) is 0 Å². The highest BCUT2D eigenvalue weighted by atomic mass is 32.1. The molecular weight excluding hydrogens is 482 g/mol. The highest BCUT2D eigenvalue weighted by molar-refractivity contribution is 7.80. The van der Waals surface area contributed by atoms with Crippen molar-refractivity contribution in [3.8, 4) is 0 Å². The highest BCUT2D eigenvalue weighted by Crippen LogP contribution is 2.29. The van der Waals surface area contributed by atoms with Crippen molar-refractivity contribution >= 4 is 34.4 Å². The first-order valence-corrected chi connectivity index (χ1v) is 11.6. The number of hydrogen-bond acceptors (Lipinski definition) is 5. The summed E-state index contributed by atoms with van der Waals surface area (Å²) in [5.41, 5.74) is 1.86. The zero-order valence-corrected chi connectivity index (χ0v) is 20.6. The summed E-state index contributed by atoms with van der Waals surface area (Å²) in [7, 11) is 1.78. The summed E-state index contributed by atoms with van der Waals surface area (Å²) >= 11 is 5.40. The van der Waals surface area contributed by atoms with Crippen LogP contribution in [-0.2, 0) is 12.1 Å². The Kier molecular flexibility index (Phi) is 7.56. The van der Waals surface area contributed by atoms with Crippen LogP contribution in [0.25, 0.3) is 0 Å². The number of aromatic nitrogens is 3.